The summed E-state index contributed by atoms with van der Waals surface area (Å²) in [6.45, 7) is 2.31. The van der Waals surface area contributed by atoms with E-state index >= 15 is 0 Å². The van der Waals surface area contributed by atoms with Crippen molar-refractivity contribution in [1.29, 1.82) is 5.41 Å². The Kier molecular flexibility index (Phi) is 4.35. The largest absolute Gasteiger partial charge is 0.384 e. The molecule has 1 aliphatic rings. The molecule has 0 saturated heterocycles. The van der Waals surface area contributed by atoms with E-state index in [1.54, 1.807) is 6.07 Å². The fourth-order valence-corrected chi connectivity index (χ4v) is 3.30. The van der Waals surface area contributed by atoms with Gasteiger partial charge in [-0.2, -0.15) is 0 Å². The molecule has 0 radical (unpaired) electrons. The second kappa shape index (κ2) is 5.83. The molecule has 19 heavy (non-hydrogen) atoms. The molecular weight excluding hydrogens is 258 g/mol. The molecule has 0 amide bonds. The highest BCUT2D eigenvalue weighted by Gasteiger charge is 2.24. The summed E-state index contributed by atoms with van der Waals surface area (Å²) in [6.07, 6.45) is 4.98. The number of nitrogens with two attached hydrogens (primary N) is 1. The Morgan fingerprint density at radius 2 is 2.16 bits per heavy atom. The molecule has 3 nitrogen and oxygen atoms in total. The van der Waals surface area contributed by atoms with Gasteiger partial charge in [0.15, 0.2) is 0 Å². The molecule has 3 N–H and O–H groups in total. The SMILES string of the molecule is CC1CCCC(N(C)c2cccc(Cl)c2C(=N)N)C1. The minimum atomic E-state index is 0.0382. The molecule has 0 aliphatic heterocycles. The third-order valence-corrected chi connectivity index (χ3v) is 4.41. The predicted molar refractivity (Wildman–Crippen MR) is 82.3 cm³/mol. The van der Waals surface area contributed by atoms with Gasteiger partial charge < -0.3 is 10.6 Å². The molecule has 1 aliphatic carbocycles. The van der Waals surface area contributed by atoms with Crippen LogP contribution >= 0.6 is 11.6 Å². The van der Waals surface area contributed by atoms with Crippen molar-refractivity contribution in [2.45, 2.75) is 38.6 Å². The molecule has 1 aromatic carbocycles. The van der Waals surface area contributed by atoms with Gasteiger partial charge >= 0.3 is 0 Å². The first-order valence-corrected chi connectivity index (χ1v) is 7.24. The lowest BCUT2D eigenvalue weighted by Gasteiger charge is -2.36. The Hall–Kier alpha value is -1.22. The molecule has 2 atom stereocenters. The van der Waals surface area contributed by atoms with Crippen molar-refractivity contribution >= 4 is 23.1 Å². The van der Waals surface area contributed by atoms with E-state index in [2.05, 4.69) is 18.9 Å². The van der Waals surface area contributed by atoms with Crippen LogP contribution in [0.25, 0.3) is 0 Å². The minimum Gasteiger partial charge on any atom is -0.384 e. The van der Waals surface area contributed by atoms with E-state index in [9.17, 15) is 0 Å². The van der Waals surface area contributed by atoms with E-state index in [-0.39, 0.29) is 5.84 Å². The van der Waals surface area contributed by atoms with Gasteiger partial charge in [-0.05, 0) is 30.9 Å². The molecule has 0 heterocycles. The number of nitrogens with one attached hydrogen (secondary N) is 1. The van der Waals surface area contributed by atoms with Gasteiger partial charge in [-0.15, -0.1) is 0 Å². The lowest BCUT2D eigenvalue weighted by atomic mass is 9.86. The van der Waals surface area contributed by atoms with Crippen molar-refractivity contribution in [3.8, 4) is 0 Å². The lowest BCUT2D eigenvalue weighted by molar-refractivity contribution is 0.336. The first-order valence-electron chi connectivity index (χ1n) is 6.86. The number of amidine groups is 1. The summed E-state index contributed by atoms with van der Waals surface area (Å²) < 4.78 is 0. The Morgan fingerprint density at radius 1 is 1.42 bits per heavy atom. The van der Waals surface area contributed by atoms with Crippen molar-refractivity contribution in [2.75, 3.05) is 11.9 Å². The van der Waals surface area contributed by atoms with E-state index < -0.39 is 0 Å². The summed E-state index contributed by atoms with van der Waals surface area (Å²) >= 11 is 6.19. The molecule has 0 aromatic heterocycles. The molecule has 1 aromatic rings. The molecule has 1 saturated carbocycles. The number of rotatable bonds is 3. The van der Waals surface area contributed by atoms with Crippen LogP contribution in [0.3, 0.4) is 0 Å². The van der Waals surface area contributed by atoms with Gasteiger partial charge in [0.25, 0.3) is 0 Å². The van der Waals surface area contributed by atoms with Crippen molar-refractivity contribution in [3.05, 3.63) is 28.8 Å². The zero-order valence-electron chi connectivity index (χ0n) is 11.6. The molecule has 0 bridgehead atoms. The number of nitrogens with zero attached hydrogens (tertiary/aromatic N) is 1. The average molecular weight is 280 g/mol. The average Bonchev–Trinajstić information content (AvgIpc) is 2.37. The van der Waals surface area contributed by atoms with Crippen molar-refractivity contribution in [1.82, 2.24) is 0 Å². The fraction of sp³-hybridized carbons (Fsp3) is 0.533. The van der Waals surface area contributed by atoms with Crippen LogP contribution in [0.4, 0.5) is 5.69 Å². The van der Waals surface area contributed by atoms with Crippen molar-refractivity contribution in [3.63, 3.8) is 0 Å². The van der Waals surface area contributed by atoms with E-state index in [0.717, 1.165) is 11.6 Å². The van der Waals surface area contributed by atoms with Gasteiger partial charge in [0.05, 0.1) is 10.6 Å². The lowest BCUT2D eigenvalue weighted by Crippen LogP contribution is -2.36. The van der Waals surface area contributed by atoms with Crippen LogP contribution in [-0.2, 0) is 0 Å². The van der Waals surface area contributed by atoms with Gasteiger partial charge in [0, 0.05) is 18.8 Å². The monoisotopic (exact) mass is 279 g/mol. The van der Waals surface area contributed by atoms with Gasteiger partial charge in [0.1, 0.15) is 5.84 Å². The van der Waals surface area contributed by atoms with E-state index in [1.807, 2.05) is 12.1 Å². The zero-order chi connectivity index (χ0) is 14.0. The van der Waals surface area contributed by atoms with Crippen LogP contribution in [0.5, 0.6) is 0 Å². The van der Waals surface area contributed by atoms with Gasteiger partial charge in [0.2, 0.25) is 0 Å². The number of benzene rings is 1. The maximum atomic E-state index is 7.73. The minimum absolute atomic E-state index is 0.0382. The highest BCUT2D eigenvalue weighted by Crippen LogP contribution is 2.33. The fourth-order valence-electron chi connectivity index (χ4n) is 3.02. The molecule has 2 unspecified atom stereocenters. The summed E-state index contributed by atoms with van der Waals surface area (Å²) in [5, 5.41) is 8.29. The molecule has 1 fully saturated rings. The topological polar surface area (TPSA) is 53.1 Å². The normalized spacial score (nSPS) is 23.1. The number of hydrogen-bond acceptors (Lipinski definition) is 2. The number of halogens is 1. The van der Waals surface area contributed by atoms with Crippen LogP contribution in [0.1, 0.15) is 38.2 Å². The number of nitrogen functional groups attached to an aromatic ring is 1. The first kappa shape index (κ1) is 14.2. The molecule has 2 rings (SSSR count). The summed E-state index contributed by atoms with van der Waals surface area (Å²) in [5.41, 5.74) is 7.31. The highest BCUT2D eigenvalue weighted by atomic mass is 35.5. The zero-order valence-corrected chi connectivity index (χ0v) is 12.4. The second-order valence-electron chi connectivity index (χ2n) is 5.58. The van der Waals surface area contributed by atoms with Crippen LogP contribution in [0.15, 0.2) is 18.2 Å². The van der Waals surface area contributed by atoms with Gasteiger partial charge in [-0.25, -0.2) is 0 Å². The van der Waals surface area contributed by atoms with Crippen molar-refractivity contribution in [2.24, 2.45) is 11.7 Å². The highest BCUT2D eigenvalue weighted by molar-refractivity contribution is 6.34. The number of anilines is 1. The first-order chi connectivity index (χ1) is 9.00. The third kappa shape index (κ3) is 3.03. The second-order valence-corrected chi connectivity index (χ2v) is 5.99. The molecular formula is C15H22ClN3. The Balaban J connectivity index is 2.30. The van der Waals surface area contributed by atoms with Crippen LogP contribution in [-0.4, -0.2) is 18.9 Å². The Morgan fingerprint density at radius 3 is 2.79 bits per heavy atom. The van der Waals surface area contributed by atoms with Crippen LogP contribution < -0.4 is 10.6 Å². The smallest absolute Gasteiger partial charge is 0.126 e. The van der Waals surface area contributed by atoms with E-state index in [4.69, 9.17) is 22.7 Å². The quantitative estimate of drug-likeness (QED) is 0.656. The summed E-state index contributed by atoms with van der Waals surface area (Å²) in [7, 11) is 2.08. The van der Waals surface area contributed by atoms with Gasteiger partial charge in [-0.1, -0.05) is 37.4 Å². The van der Waals surface area contributed by atoms with Crippen LogP contribution in [0, 0.1) is 11.3 Å². The molecule has 0 spiro atoms. The van der Waals surface area contributed by atoms with Gasteiger partial charge in [-0.3, -0.25) is 5.41 Å². The summed E-state index contributed by atoms with van der Waals surface area (Å²) in [5.74, 6) is 0.803. The van der Waals surface area contributed by atoms with Crippen molar-refractivity contribution < 1.29 is 0 Å². The van der Waals surface area contributed by atoms with Crippen LogP contribution in [0.2, 0.25) is 5.02 Å². The molecule has 104 valence electrons. The maximum absolute atomic E-state index is 7.73. The molecule has 4 heteroatoms. The Labute approximate surface area is 120 Å². The van der Waals surface area contributed by atoms with E-state index in [0.29, 0.717) is 16.6 Å². The predicted octanol–water partition coefficient (Wildman–Crippen LogP) is 3.64. The number of hydrogen-bond donors (Lipinski definition) is 2. The standard InChI is InChI=1S/C15H22ClN3/c1-10-5-3-6-11(9-10)19(2)13-8-4-7-12(16)14(13)15(17)18/h4,7-8,10-11H,3,5-6,9H2,1-2H3,(H3,17,18). The van der Waals surface area contributed by atoms with E-state index in [1.165, 1.54) is 25.7 Å². The maximum Gasteiger partial charge on any atom is 0.126 e. The third-order valence-electron chi connectivity index (χ3n) is 4.10. The summed E-state index contributed by atoms with van der Waals surface area (Å²) in [6, 6.07) is 6.23. The Bertz CT molecular complexity index is 472. The summed E-state index contributed by atoms with van der Waals surface area (Å²) in [4.78, 5) is 2.25.